The Labute approximate surface area is 192 Å². The van der Waals surface area contributed by atoms with Crippen LogP contribution in [0.15, 0.2) is 48.5 Å². The van der Waals surface area contributed by atoms with Crippen molar-refractivity contribution in [2.45, 2.75) is 65.0 Å². The van der Waals surface area contributed by atoms with E-state index in [9.17, 15) is 9.59 Å². The first-order valence-electron chi connectivity index (χ1n) is 11.8. The Kier molecular flexibility index (Phi) is 7.94. The van der Waals surface area contributed by atoms with Crippen LogP contribution < -0.4 is 10.2 Å². The molecule has 0 unspecified atom stereocenters. The van der Waals surface area contributed by atoms with Gasteiger partial charge in [0.05, 0.1) is 5.92 Å². The minimum absolute atomic E-state index is 0.0220. The van der Waals surface area contributed by atoms with Crippen molar-refractivity contribution in [1.29, 1.82) is 0 Å². The highest BCUT2D eigenvalue weighted by atomic mass is 16.2. The minimum atomic E-state index is -0.131. The number of anilines is 2. The zero-order valence-corrected chi connectivity index (χ0v) is 20.1. The highest BCUT2D eigenvalue weighted by molar-refractivity contribution is 5.91. The molecule has 1 atom stereocenters. The van der Waals surface area contributed by atoms with E-state index < -0.39 is 0 Å². The summed E-state index contributed by atoms with van der Waals surface area (Å²) >= 11 is 0. The summed E-state index contributed by atoms with van der Waals surface area (Å²) < 4.78 is 0. The highest BCUT2D eigenvalue weighted by Gasteiger charge is 2.36. The van der Waals surface area contributed by atoms with E-state index in [0.29, 0.717) is 24.9 Å². The van der Waals surface area contributed by atoms with E-state index >= 15 is 0 Å². The molecular weight excluding hydrogens is 398 g/mol. The Morgan fingerprint density at radius 2 is 1.75 bits per heavy atom. The van der Waals surface area contributed by atoms with Crippen molar-refractivity contribution in [2.24, 2.45) is 5.92 Å². The second-order valence-corrected chi connectivity index (χ2v) is 9.45. The Morgan fingerprint density at radius 1 is 1.06 bits per heavy atom. The zero-order valence-electron chi connectivity index (χ0n) is 20.1. The van der Waals surface area contributed by atoms with Crippen LogP contribution in [0.3, 0.4) is 0 Å². The van der Waals surface area contributed by atoms with Crippen LogP contribution in [0.25, 0.3) is 0 Å². The molecule has 5 heteroatoms. The van der Waals surface area contributed by atoms with E-state index in [4.69, 9.17) is 0 Å². The van der Waals surface area contributed by atoms with E-state index in [1.807, 2.05) is 76.5 Å². The van der Waals surface area contributed by atoms with Crippen LogP contribution in [-0.2, 0) is 16.1 Å². The Bertz CT molecular complexity index is 920. The molecule has 0 bridgehead atoms. The van der Waals surface area contributed by atoms with Crippen LogP contribution >= 0.6 is 0 Å². The summed E-state index contributed by atoms with van der Waals surface area (Å²) in [6.45, 7) is 6.71. The Morgan fingerprint density at radius 3 is 2.31 bits per heavy atom. The third-order valence-electron chi connectivity index (χ3n) is 5.96. The normalized spacial score (nSPS) is 14.2. The van der Waals surface area contributed by atoms with Crippen LogP contribution in [0.2, 0.25) is 0 Å². The minimum Gasteiger partial charge on any atom is -0.377 e. The smallest absolute Gasteiger partial charge is 0.230 e. The van der Waals surface area contributed by atoms with Crippen LogP contribution in [0.5, 0.6) is 0 Å². The molecule has 0 spiro atoms. The van der Waals surface area contributed by atoms with Gasteiger partial charge in [0, 0.05) is 44.5 Å². The van der Waals surface area contributed by atoms with E-state index in [1.165, 1.54) is 0 Å². The number of amides is 2. The van der Waals surface area contributed by atoms with Gasteiger partial charge in [0.15, 0.2) is 0 Å². The molecule has 172 valence electrons. The van der Waals surface area contributed by atoms with Gasteiger partial charge in [-0.05, 0) is 54.5 Å². The quantitative estimate of drug-likeness (QED) is 0.542. The Balaban J connectivity index is 1.86. The fourth-order valence-corrected chi connectivity index (χ4v) is 4.20. The lowest BCUT2D eigenvalue weighted by Crippen LogP contribution is -2.36. The van der Waals surface area contributed by atoms with Crippen molar-refractivity contribution in [3.05, 3.63) is 59.7 Å². The van der Waals surface area contributed by atoms with Crippen molar-refractivity contribution < 1.29 is 9.59 Å². The summed E-state index contributed by atoms with van der Waals surface area (Å²) in [4.78, 5) is 30.1. The molecule has 2 aromatic rings. The maximum absolute atomic E-state index is 13.7. The predicted molar refractivity (Wildman–Crippen MR) is 132 cm³/mol. The highest BCUT2D eigenvalue weighted by Crippen LogP contribution is 2.35. The second-order valence-electron chi connectivity index (χ2n) is 9.45. The first-order chi connectivity index (χ1) is 15.3. The van der Waals surface area contributed by atoms with Crippen LogP contribution in [-0.4, -0.2) is 36.9 Å². The number of rotatable bonds is 10. The number of hydrogen-bond acceptors (Lipinski definition) is 3. The number of carbonyl (C=O) groups excluding carboxylic acids is 2. The van der Waals surface area contributed by atoms with Crippen molar-refractivity contribution in [3.63, 3.8) is 0 Å². The van der Waals surface area contributed by atoms with Gasteiger partial charge < -0.3 is 15.1 Å². The topological polar surface area (TPSA) is 52.7 Å². The molecule has 0 radical (unpaired) electrons. The lowest BCUT2D eigenvalue weighted by molar-refractivity contribution is -0.134. The summed E-state index contributed by atoms with van der Waals surface area (Å²) in [6, 6.07) is 16.4. The average molecular weight is 436 g/mol. The molecule has 5 nitrogen and oxygen atoms in total. The van der Waals surface area contributed by atoms with Gasteiger partial charge in [0.2, 0.25) is 11.8 Å². The van der Waals surface area contributed by atoms with Gasteiger partial charge in [-0.15, -0.1) is 0 Å². The summed E-state index contributed by atoms with van der Waals surface area (Å²) in [5.41, 5.74) is 3.99. The van der Waals surface area contributed by atoms with Crippen molar-refractivity contribution in [2.75, 3.05) is 24.3 Å². The van der Waals surface area contributed by atoms with Gasteiger partial charge in [-0.1, -0.05) is 51.1 Å². The van der Waals surface area contributed by atoms with Gasteiger partial charge >= 0.3 is 0 Å². The molecule has 1 aliphatic carbocycles. The number of nitrogens with zero attached hydrogens (tertiary/aromatic N) is 2. The van der Waals surface area contributed by atoms with Crippen LogP contribution in [0.1, 0.15) is 63.5 Å². The molecule has 2 aromatic carbocycles. The molecule has 3 rings (SSSR count). The number of nitrogens with one attached hydrogen (secondary N) is 1. The lowest BCUT2D eigenvalue weighted by atomic mass is 9.94. The first kappa shape index (κ1) is 23.8. The summed E-state index contributed by atoms with van der Waals surface area (Å²) in [6.07, 6.45) is 3.38. The van der Waals surface area contributed by atoms with E-state index in [1.54, 1.807) is 0 Å². The van der Waals surface area contributed by atoms with Gasteiger partial charge in [-0.25, -0.2) is 0 Å². The maximum Gasteiger partial charge on any atom is 0.230 e. The third kappa shape index (κ3) is 6.12. The van der Waals surface area contributed by atoms with Crippen molar-refractivity contribution >= 4 is 23.2 Å². The van der Waals surface area contributed by atoms with Crippen LogP contribution in [0.4, 0.5) is 11.4 Å². The van der Waals surface area contributed by atoms with Crippen LogP contribution in [0, 0.1) is 5.92 Å². The molecule has 1 fully saturated rings. The number of hydrogen-bond donors (Lipinski definition) is 1. The van der Waals surface area contributed by atoms with Gasteiger partial charge in [-0.2, -0.15) is 0 Å². The summed E-state index contributed by atoms with van der Waals surface area (Å²) in [7, 11) is 4.02. The molecular formula is C27H37N3O2. The van der Waals surface area contributed by atoms with E-state index in [2.05, 4.69) is 22.0 Å². The summed E-state index contributed by atoms with van der Waals surface area (Å²) in [5, 5.41) is 3.03. The predicted octanol–water partition coefficient (Wildman–Crippen LogP) is 5.42. The van der Waals surface area contributed by atoms with E-state index in [-0.39, 0.29) is 17.7 Å². The maximum atomic E-state index is 13.7. The SMILES string of the molecule is CC[C@@H](C(=O)N(Cc1cc(NC(=O)CC(C)C)ccc1N(C)C)C1CC1)c1ccccc1. The number of benzene rings is 2. The fraction of sp³-hybridized carbons (Fsp3) is 0.481. The lowest BCUT2D eigenvalue weighted by Gasteiger charge is -2.29. The van der Waals surface area contributed by atoms with Crippen molar-refractivity contribution in [3.8, 4) is 0 Å². The largest absolute Gasteiger partial charge is 0.377 e. The zero-order chi connectivity index (χ0) is 23.3. The third-order valence-corrected chi connectivity index (χ3v) is 5.96. The standard InChI is InChI=1S/C27H37N3O2/c1-6-24(20-10-8-7-9-11-20)27(32)30(23-13-14-23)18-21-17-22(12-15-25(21)29(4)5)28-26(31)16-19(2)3/h7-12,15,17,19,23-24H,6,13-14,16,18H2,1-5H3,(H,28,31)/t24-/m1/s1. The Hall–Kier alpha value is -2.82. The van der Waals surface area contributed by atoms with Gasteiger partial charge in [0.25, 0.3) is 0 Å². The molecule has 0 saturated heterocycles. The molecule has 1 saturated carbocycles. The fourth-order valence-electron chi connectivity index (χ4n) is 4.20. The molecule has 1 N–H and O–H groups in total. The van der Waals surface area contributed by atoms with Gasteiger partial charge in [0.1, 0.15) is 0 Å². The van der Waals surface area contributed by atoms with Crippen molar-refractivity contribution in [1.82, 2.24) is 4.90 Å². The second kappa shape index (κ2) is 10.7. The molecule has 0 aliphatic heterocycles. The first-order valence-corrected chi connectivity index (χ1v) is 11.8. The van der Waals surface area contributed by atoms with E-state index in [0.717, 1.165) is 41.8 Å². The molecule has 0 aromatic heterocycles. The average Bonchev–Trinajstić information content (AvgIpc) is 3.57. The molecule has 2 amide bonds. The summed E-state index contributed by atoms with van der Waals surface area (Å²) in [5.74, 6) is 0.393. The molecule has 32 heavy (non-hydrogen) atoms. The molecule has 1 aliphatic rings. The molecule has 0 heterocycles. The monoisotopic (exact) mass is 435 g/mol. The van der Waals surface area contributed by atoms with Gasteiger partial charge in [-0.3, -0.25) is 9.59 Å². The number of carbonyl (C=O) groups is 2.